The zero-order valence-corrected chi connectivity index (χ0v) is 12.2. The normalized spacial score (nSPS) is 14.8. The van der Waals surface area contributed by atoms with E-state index in [0.29, 0.717) is 5.04 Å². The van der Waals surface area contributed by atoms with Crippen LogP contribution >= 0.6 is 15.9 Å². The van der Waals surface area contributed by atoms with Crippen LogP contribution < -0.4 is 0 Å². The van der Waals surface area contributed by atoms with Gasteiger partial charge in [-0.25, -0.2) is 0 Å². The maximum Gasteiger partial charge on any atom is 0.192 e. The van der Waals surface area contributed by atoms with Crippen LogP contribution in [0, 0.1) is 0 Å². The van der Waals surface area contributed by atoms with E-state index in [-0.39, 0.29) is 0 Å². The Labute approximate surface area is 91.8 Å². The minimum atomic E-state index is -1.55. The third kappa shape index (κ3) is 4.43. The van der Waals surface area contributed by atoms with Gasteiger partial charge >= 0.3 is 0 Å². The monoisotopic (exact) mass is 264 g/mol. The molecule has 0 aliphatic rings. The van der Waals surface area contributed by atoms with E-state index in [9.17, 15) is 0 Å². The van der Waals surface area contributed by atoms with Crippen LogP contribution in [0.3, 0.4) is 0 Å². The van der Waals surface area contributed by atoms with Gasteiger partial charge in [0.15, 0.2) is 8.32 Å². The molecular weight excluding hydrogens is 244 g/mol. The fourth-order valence-electron chi connectivity index (χ4n) is 0.542. The van der Waals surface area contributed by atoms with Gasteiger partial charge in [-0.1, -0.05) is 36.7 Å². The summed E-state index contributed by atoms with van der Waals surface area (Å²) in [5.74, 6) is 0. The first-order chi connectivity index (χ1) is 5.70. The molecule has 0 saturated heterocycles. The second-order valence-electron chi connectivity index (χ2n) is 5.00. The van der Waals surface area contributed by atoms with Gasteiger partial charge < -0.3 is 4.43 Å². The predicted octanol–water partition coefficient (Wildman–Crippen LogP) is 4.31. The maximum absolute atomic E-state index is 5.99. The Morgan fingerprint density at radius 2 is 1.85 bits per heavy atom. The zero-order chi connectivity index (χ0) is 10.7. The van der Waals surface area contributed by atoms with Gasteiger partial charge in [0.1, 0.15) is 0 Å². The fraction of sp³-hybridized carbons (Fsp3) is 0.800. The van der Waals surface area contributed by atoms with Crippen LogP contribution in [0.15, 0.2) is 10.6 Å². The van der Waals surface area contributed by atoms with E-state index in [0.717, 1.165) is 6.61 Å². The Morgan fingerprint density at radius 3 is 2.15 bits per heavy atom. The molecule has 0 aromatic carbocycles. The lowest BCUT2D eigenvalue weighted by molar-refractivity contribution is 0.319. The molecule has 0 heterocycles. The molecule has 0 aliphatic heterocycles. The van der Waals surface area contributed by atoms with Crippen LogP contribution in [-0.2, 0) is 4.43 Å². The second-order valence-corrected chi connectivity index (χ2v) is 10.3. The van der Waals surface area contributed by atoms with Crippen molar-refractivity contribution in [2.24, 2.45) is 0 Å². The Hall–Kier alpha value is 0.397. The molecule has 0 N–H and O–H groups in total. The highest BCUT2D eigenvalue weighted by atomic mass is 79.9. The third-order valence-electron chi connectivity index (χ3n) is 2.65. The van der Waals surface area contributed by atoms with Crippen molar-refractivity contribution in [3.8, 4) is 0 Å². The van der Waals surface area contributed by atoms with E-state index in [2.05, 4.69) is 56.7 Å². The summed E-state index contributed by atoms with van der Waals surface area (Å²) in [6.07, 6.45) is 0. The molecule has 0 aromatic heterocycles. The summed E-state index contributed by atoms with van der Waals surface area (Å²) in [5.41, 5.74) is 1.24. The topological polar surface area (TPSA) is 9.23 Å². The number of hydrogen-bond acceptors (Lipinski definition) is 1. The van der Waals surface area contributed by atoms with Gasteiger partial charge in [-0.2, -0.15) is 0 Å². The third-order valence-corrected chi connectivity index (χ3v) is 7.91. The summed E-state index contributed by atoms with van der Waals surface area (Å²) in [4.78, 5) is 1.93. The molecule has 0 aromatic rings. The quantitative estimate of drug-likeness (QED) is 0.691. The van der Waals surface area contributed by atoms with Gasteiger partial charge in [-0.05, 0) is 35.6 Å². The molecule has 0 spiro atoms. The van der Waals surface area contributed by atoms with Gasteiger partial charge in [0, 0.05) is 0 Å². The molecule has 0 saturated carbocycles. The summed E-state index contributed by atoms with van der Waals surface area (Å²) in [6, 6.07) is 0. The zero-order valence-electron chi connectivity index (χ0n) is 9.57. The molecule has 0 bridgehead atoms. The number of hydrogen-bond donors (Lipinski definition) is 0. The van der Waals surface area contributed by atoms with E-state index < -0.39 is 8.32 Å². The second kappa shape index (κ2) is 4.76. The minimum Gasteiger partial charge on any atom is -0.413 e. The molecule has 3 heteroatoms. The van der Waals surface area contributed by atoms with Crippen LogP contribution in [0.25, 0.3) is 0 Å². The van der Waals surface area contributed by atoms with E-state index in [1.165, 1.54) is 5.57 Å². The van der Waals surface area contributed by atoms with E-state index in [4.69, 9.17) is 4.43 Å². The van der Waals surface area contributed by atoms with Crippen molar-refractivity contribution >= 4 is 24.2 Å². The molecule has 0 atom stereocenters. The highest BCUT2D eigenvalue weighted by molar-refractivity contribution is 9.11. The first-order valence-corrected chi connectivity index (χ1v) is 8.43. The molecule has 78 valence electrons. The molecule has 1 nitrogen and oxygen atoms in total. The van der Waals surface area contributed by atoms with Crippen molar-refractivity contribution < 1.29 is 4.43 Å². The van der Waals surface area contributed by atoms with Crippen molar-refractivity contribution in [2.45, 2.75) is 45.8 Å². The van der Waals surface area contributed by atoms with Crippen molar-refractivity contribution in [3.63, 3.8) is 0 Å². The molecule has 0 rings (SSSR count). The Morgan fingerprint density at radius 1 is 1.38 bits per heavy atom. The minimum absolute atomic E-state index is 0.305. The van der Waals surface area contributed by atoms with E-state index >= 15 is 0 Å². The van der Waals surface area contributed by atoms with Gasteiger partial charge in [-0.3, -0.25) is 0 Å². The predicted molar refractivity (Wildman–Crippen MR) is 65.8 cm³/mol. The molecular formula is C10H21BrOSi. The SMILES string of the molecule is C/C(=C\Br)CO[Si](C)(C)C(C)(C)C. The summed E-state index contributed by atoms with van der Waals surface area (Å²) in [7, 11) is -1.55. The summed E-state index contributed by atoms with van der Waals surface area (Å²) in [5, 5.41) is 0.305. The van der Waals surface area contributed by atoms with Crippen LogP contribution in [0.5, 0.6) is 0 Å². The lowest BCUT2D eigenvalue weighted by Crippen LogP contribution is -2.41. The molecule has 13 heavy (non-hydrogen) atoms. The van der Waals surface area contributed by atoms with Gasteiger partial charge in [0.2, 0.25) is 0 Å². The van der Waals surface area contributed by atoms with Crippen LogP contribution in [0.1, 0.15) is 27.7 Å². The summed E-state index contributed by atoms with van der Waals surface area (Å²) >= 11 is 3.31. The molecule has 0 radical (unpaired) electrons. The van der Waals surface area contributed by atoms with Gasteiger partial charge in [-0.15, -0.1) is 0 Å². The molecule has 0 unspecified atom stereocenters. The fourth-order valence-corrected chi connectivity index (χ4v) is 1.70. The van der Waals surface area contributed by atoms with E-state index in [1.54, 1.807) is 0 Å². The lowest BCUT2D eigenvalue weighted by Gasteiger charge is -2.36. The molecule has 0 amide bonds. The van der Waals surface area contributed by atoms with Crippen LogP contribution in [0.2, 0.25) is 18.1 Å². The smallest absolute Gasteiger partial charge is 0.192 e. The lowest BCUT2D eigenvalue weighted by atomic mass is 10.2. The summed E-state index contributed by atoms with van der Waals surface area (Å²) in [6.45, 7) is 14.1. The largest absolute Gasteiger partial charge is 0.413 e. The van der Waals surface area contributed by atoms with Crippen molar-refractivity contribution in [1.82, 2.24) is 0 Å². The summed E-state index contributed by atoms with van der Waals surface area (Å²) < 4.78 is 5.99. The van der Waals surface area contributed by atoms with Crippen molar-refractivity contribution in [2.75, 3.05) is 6.61 Å². The van der Waals surface area contributed by atoms with Crippen LogP contribution in [-0.4, -0.2) is 14.9 Å². The molecule has 0 aliphatic carbocycles. The molecule has 0 fully saturated rings. The Bertz CT molecular complexity index is 192. The number of rotatable bonds is 3. The average Bonchev–Trinajstić information content (AvgIpc) is 1.98. The highest BCUT2D eigenvalue weighted by Gasteiger charge is 2.36. The highest BCUT2D eigenvalue weighted by Crippen LogP contribution is 2.36. The Kier molecular flexibility index (Phi) is 4.90. The Balaban J connectivity index is 4.20. The number of halogens is 1. The maximum atomic E-state index is 5.99. The van der Waals surface area contributed by atoms with Gasteiger partial charge in [0.05, 0.1) is 6.61 Å². The van der Waals surface area contributed by atoms with E-state index in [1.807, 2.05) is 4.99 Å². The standard InChI is InChI=1S/C10H21BrOSi/c1-9(7-11)8-12-13(5,6)10(2,3)4/h7H,8H2,1-6H3/b9-7+. The van der Waals surface area contributed by atoms with Crippen molar-refractivity contribution in [3.05, 3.63) is 10.6 Å². The average molecular weight is 265 g/mol. The first kappa shape index (κ1) is 13.4. The van der Waals surface area contributed by atoms with Crippen molar-refractivity contribution in [1.29, 1.82) is 0 Å². The van der Waals surface area contributed by atoms with Gasteiger partial charge in [0.25, 0.3) is 0 Å². The van der Waals surface area contributed by atoms with Crippen LogP contribution in [0.4, 0.5) is 0 Å². The first-order valence-electron chi connectivity index (χ1n) is 4.60.